The molecule has 3 aliphatic rings. The number of nitrogens with one attached hydrogen (secondary N) is 1. The number of hydrogen-bond donors (Lipinski definition) is 1. The molecule has 0 aromatic heterocycles. The van der Waals surface area contributed by atoms with Crippen molar-refractivity contribution in [2.75, 3.05) is 0 Å². The van der Waals surface area contributed by atoms with E-state index in [2.05, 4.69) is 29.6 Å². The molecule has 0 radical (unpaired) electrons. The second kappa shape index (κ2) is 6.10. The van der Waals surface area contributed by atoms with E-state index in [4.69, 9.17) is 4.74 Å². The third kappa shape index (κ3) is 3.17. The number of fused-ring (bicyclic) bond motifs is 2. The second-order valence-corrected chi connectivity index (χ2v) is 7.26. The van der Waals surface area contributed by atoms with Crippen LogP contribution >= 0.6 is 0 Å². The first kappa shape index (κ1) is 13.8. The molecule has 1 aromatic rings. The third-order valence-electron chi connectivity index (χ3n) is 5.70. The van der Waals surface area contributed by atoms with Crippen LogP contribution in [-0.2, 0) is 17.7 Å². The molecule has 3 fully saturated rings. The van der Waals surface area contributed by atoms with Crippen molar-refractivity contribution in [1.82, 2.24) is 5.32 Å². The van der Waals surface area contributed by atoms with Crippen molar-refractivity contribution < 1.29 is 4.74 Å². The molecule has 2 heterocycles. The molecule has 114 valence electrons. The lowest BCUT2D eigenvalue weighted by Gasteiger charge is -2.30. The largest absolute Gasteiger partial charge is 0.373 e. The van der Waals surface area contributed by atoms with Crippen LogP contribution in [0.5, 0.6) is 0 Å². The molecule has 2 nitrogen and oxygen atoms in total. The predicted molar refractivity (Wildman–Crippen MR) is 85.2 cm³/mol. The van der Waals surface area contributed by atoms with Crippen LogP contribution in [0, 0.1) is 5.92 Å². The Kier molecular flexibility index (Phi) is 4.00. The van der Waals surface area contributed by atoms with Crippen molar-refractivity contribution in [3.05, 3.63) is 35.4 Å². The van der Waals surface area contributed by atoms with Gasteiger partial charge in [0.2, 0.25) is 0 Å². The van der Waals surface area contributed by atoms with Crippen LogP contribution in [0.1, 0.15) is 56.1 Å². The lowest BCUT2D eigenvalue weighted by Crippen LogP contribution is -2.42. The van der Waals surface area contributed by atoms with E-state index in [1.807, 2.05) is 0 Å². The van der Waals surface area contributed by atoms with Gasteiger partial charge in [-0.05, 0) is 49.1 Å². The first-order valence-corrected chi connectivity index (χ1v) is 8.83. The van der Waals surface area contributed by atoms with E-state index in [1.165, 1.54) is 62.5 Å². The number of benzene rings is 1. The topological polar surface area (TPSA) is 21.3 Å². The molecule has 3 atom stereocenters. The highest BCUT2D eigenvalue weighted by Crippen LogP contribution is 2.33. The Balaban J connectivity index is 1.32. The summed E-state index contributed by atoms with van der Waals surface area (Å²) < 4.78 is 6.03. The van der Waals surface area contributed by atoms with Crippen LogP contribution in [0.15, 0.2) is 24.3 Å². The number of hydrogen-bond acceptors (Lipinski definition) is 2. The fourth-order valence-electron chi connectivity index (χ4n) is 4.17. The molecule has 2 aliphatic heterocycles. The van der Waals surface area contributed by atoms with Crippen LogP contribution in [-0.4, -0.2) is 18.2 Å². The van der Waals surface area contributed by atoms with Crippen molar-refractivity contribution in [3.8, 4) is 0 Å². The SMILES string of the molecule is c1cc(CNC2CCC3CCC2O3)cc(CC2CCC2)c1. The molecule has 2 heteroatoms. The predicted octanol–water partition coefficient (Wildman–Crippen LogP) is 3.83. The van der Waals surface area contributed by atoms with Crippen LogP contribution < -0.4 is 5.32 Å². The molecule has 2 saturated heterocycles. The average Bonchev–Trinajstić information content (AvgIpc) is 2.85. The molecule has 2 bridgehead atoms. The summed E-state index contributed by atoms with van der Waals surface area (Å²) in [6.07, 6.45) is 11.7. The second-order valence-electron chi connectivity index (χ2n) is 7.26. The van der Waals surface area contributed by atoms with Crippen LogP contribution in [0.4, 0.5) is 0 Å². The highest BCUT2D eigenvalue weighted by atomic mass is 16.5. The Bertz CT molecular complexity index is 482. The Morgan fingerprint density at radius 2 is 1.86 bits per heavy atom. The van der Waals surface area contributed by atoms with Crippen molar-refractivity contribution in [3.63, 3.8) is 0 Å². The summed E-state index contributed by atoms with van der Waals surface area (Å²) in [7, 11) is 0. The van der Waals surface area contributed by atoms with Gasteiger partial charge in [0.15, 0.2) is 0 Å². The minimum absolute atomic E-state index is 0.474. The first-order valence-electron chi connectivity index (χ1n) is 8.83. The zero-order valence-electron chi connectivity index (χ0n) is 12.9. The van der Waals surface area contributed by atoms with E-state index in [-0.39, 0.29) is 0 Å². The highest BCUT2D eigenvalue weighted by Gasteiger charge is 2.36. The minimum Gasteiger partial charge on any atom is -0.373 e. The molecule has 1 N–H and O–H groups in total. The van der Waals surface area contributed by atoms with Gasteiger partial charge in [0, 0.05) is 12.6 Å². The number of rotatable bonds is 5. The van der Waals surface area contributed by atoms with Crippen LogP contribution in [0.25, 0.3) is 0 Å². The third-order valence-corrected chi connectivity index (χ3v) is 5.70. The van der Waals surface area contributed by atoms with Crippen molar-refractivity contribution in [1.29, 1.82) is 0 Å². The van der Waals surface area contributed by atoms with Gasteiger partial charge in [-0.3, -0.25) is 0 Å². The van der Waals surface area contributed by atoms with E-state index < -0.39 is 0 Å². The number of ether oxygens (including phenoxy) is 1. The molecule has 1 saturated carbocycles. The highest BCUT2D eigenvalue weighted by molar-refractivity contribution is 5.24. The van der Waals surface area contributed by atoms with Gasteiger partial charge in [0.05, 0.1) is 12.2 Å². The first-order chi connectivity index (χ1) is 10.4. The fourth-order valence-corrected chi connectivity index (χ4v) is 4.17. The molecular weight excluding hydrogens is 258 g/mol. The monoisotopic (exact) mass is 285 g/mol. The van der Waals surface area contributed by atoms with Crippen molar-refractivity contribution in [2.45, 2.75) is 76.2 Å². The zero-order valence-corrected chi connectivity index (χ0v) is 12.9. The van der Waals surface area contributed by atoms with Gasteiger partial charge < -0.3 is 10.1 Å². The van der Waals surface area contributed by atoms with Gasteiger partial charge in [0.1, 0.15) is 0 Å². The molecule has 1 aromatic carbocycles. The molecule has 0 amide bonds. The maximum Gasteiger partial charge on any atom is 0.0732 e. The van der Waals surface area contributed by atoms with E-state index in [1.54, 1.807) is 0 Å². The summed E-state index contributed by atoms with van der Waals surface area (Å²) in [5.41, 5.74) is 2.96. The maximum atomic E-state index is 6.03. The summed E-state index contributed by atoms with van der Waals surface area (Å²) in [4.78, 5) is 0. The lowest BCUT2D eigenvalue weighted by atomic mass is 9.81. The summed E-state index contributed by atoms with van der Waals surface area (Å²) in [6, 6.07) is 9.77. The summed E-state index contributed by atoms with van der Waals surface area (Å²) in [5, 5.41) is 3.75. The zero-order chi connectivity index (χ0) is 14.1. The van der Waals surface area contributed by atoms with Gasteiger partial charge in [0.25, 0.3) is 0 Å². The fraction of sp³-hybridized carbons (Fsp3) is 0.684. The molecule has 0 spiro atoms. The Labute approximate surface area is 128 Å². The van der Waals surface area contributed by atoms with Gasteiger partial charge in [-0.25, -0.2) is 0 Å². The molecule has 1 aliphatic carbocycles. The van der Waals surface area contributed by atoms with Crippen LogP contribution in [0.2, 0.25) is 0 Å². The van der Waals surface area contributed by atoms with E-state index in [0.717, 1.165) is 12.5 Å². The molecule has 3 unspecified atom stereocenters. The standard InChI is InChI=1S/C19H27NO/c1-3-14(4-1)11-15-5-2-6-16(12-15)13-20-18-9-7-17-8-10-19(18)21-17/h2,5-6,12,14,17-20H,1,3-4,7-11,13H2. The van der Waals surface area contributed by atoms with Gasteiger partial charge in [-0.1, -0.05) is 43.5 Å². The van der Waals surface area contributed by atoms with Crippen molar-refractivity contribution >= 4 is 0 Å². The lowest BCUT2D eigenvalue weighted by molar-refractivity contribution is -0.0167. The van der Waals surface area contributed by atoms with E-state index >= 15 is 0 Å². The Morgan fingerprint density at radius 1 is 1.00 bits per heavy atom. The Morgan fingerprint density at radius 3 is 2.71 bits per heavy atom. The summed E-state index contributed by atoms with van der Waals surface area (Å²) in [5.74, 6) is 0.954. The minimum atomic E-state index is 0.474. The summed E-state index contributed by atoms with van der Waals surface area (Å²) >= 11 is 0. The molecule has 21 heavy (non-hydrogen) atoms. The smallest absolute Gasteiger partial charge is 0.0732 e. The normalized spacial score (nSPS) is 32.1. The quantitative estimate of drug-likeness (QED) is 0.888. The van der Waals surface area contributed by atoms with E-state index in [0.29, 0.717) is 18.2 Å². The van der Waals surface area contributed by atoms with E-state index in [9.17, 15) is 0 Å². The average molecular weight is 285 g/mol. The van der Waals surface area contributed by atoms with Gasteiger partial charge >= 0.3 is 0 Å². The van der Waals surface area contributed by atoms with Crippen molar-refractivity contribution in [2.24, 2.45) is 5.92 Å². The van der Waals surface area contributed by atoms with Crippen LogP contribution in [0.3, 0.4) is 0 Å². The molecule has 4 rings (SSSR count). The van der Waals surface area contributed by atoms with Gasteiger partial charge in [-0.15, -0.1) is 0 Å². The van der Waals surface area contributed by atoms with Gasteiger partial charge in [-0.2, -0.15) is 0 Å². The Hall–Kier alpha value is -0.860. The molecular formula is C19H27NO. The summed E-state index contributed by atoms with van der Waals surface area (Å²) in [6.45, 7) is 0.994. The maximum absolute atomic E-state index is 6.03.